The second kappa shape index (κ2) is 3.66. The first-order valence-corrected chi connectivity index (χ1v) is 7.58. The van der Waals surface area contributed by atoms with Crippen molar-refractivity contribution in [2.24, 2.45) is 0 Å². The highest BCUT2D eigenvalue weighted by Gasteiger charge is 2.42. The minimum Gasteiger partial charge on any atom is -0.366 e. The maximum Gasteiger partial charge on any atom is 0.0544 e. The highest BCUT2D eigenvalue weighted by atomic mass is 32.2. The zero-order valence-electron chi connectivity index (χ0n) is 10.2. The third kappa shape index (κ3) is 1.39. The molecule has 3 heteroatoms. The predicted molar refractivity (Wildman–Crippen MR) is 73.3 cm³/mol. The topological polar surface area (TPSA) is 15.3 Å². The Labute approximate surface area is 107 Å². The summed E-state index contributed by atoms with van der Waals surface area (Å²) in [5, 5.41) is 3.57. The van der Waals surface area contributed by atoms with E-state index < -0.39 is 0 Å². The van der Waals surface area contributed by atoms with E-state index in [0.717, 1.165) is 12.0 Å². The zero-order chi connectivity index (χ0) is 11.4. The number of nitrogens with one attached hydrogen (secondary N) is 1. The summed E-state index contributed by atoms with van der Waals surface area (Å²) >= 11 is 2.04. The van der Waals surface area contributed by atoms with E-state index in [-0.39, 0.29) is 0 Å². The molecule has 0 aliphatic carbocycles. The highest BCUT2D eigenvalue weighted by molar-refractivity contribution is 7.99. The first-order valence-electron chi connectivity index (χ1n) is 6.59. The molecule has 2 atom stereocenters. The monoisotopic (exact) mass is 246 g/mol. The fourth-order valence-electron chi connectivity index (χ4n) is 3.71. The van der Waals surface area contributed by atoms with Crippen LogP contribution in [-0.2, 0) is 0 Å². The van der Waals surface area contributed by atoms with Crippen LogP contribution < -0.4 is 10.2 Å². The number of aryl methyl sites for hydroxylation is 1. The van der Waals surface area contributed by atoms with Gasteiger partial charge >= 0.3 is 0 Å². The normalized spacial score (nSPS) is 30.1. The fourth-order valence-corrected chi connectivity index (χ4v) is 4.85. The van der Waals surface area contributed by atoms with E-state index in [2.05, 4.69) is 29.3 Å². The van der Waals surface area contributed by atoms with Gasteiger partial charge in [-0.1, -0.05) is 6.07 Å². The number of fused-ring (bicyclic) bond motifs is 3. The van der Waals surface area contributed by atoms with Crippen LogP contribution >= 0.6 is 11.8 Å². The average Bonchev–Trinajstić information content (AvgIpc) is 2.67. The summed E-state index contributed by atoms with van der Waals surface area (Å²) in [6, 6.07) is 5.57. The summed E-state index contributed by atoms with van der Waals surface area (Å²) in [6.45, 7) is 5.84. The molecular formula is C14H18N2S. The van der Waals surface area contributed by atoms with Crippen molar-refractivity contribution in [2.75, 3.05) is 30.3 Å². The van der Waals surface area contributed by atoms with E-state index in [1.54, 1.807) is 11.3 Å². The molecule has 0 saturated carbocycles. The number of piperidine rings is 1. The molecule has 3 aliphatic heterocycles. The lowest BCUT2D eigenvalue weighted by Crippen LogP contribution is -2.45. The number of hydrogen-bond donors (Lipinski definition) is 1. The lowest BCUT2D eigenvalue weighted by atomic mass is 9.89. The third-order valence-electron chi connectivity index (χ3n) is 4.37. The molecule has 17 heavy (non-hydrogen) atoms. The van der Waals surface area contributed by atoms with Crippen LogP contribution in [0, 0.1) is 6.92 Å². The zero-order valence-corrected chi connectivity index (χ0v) is 11.0. The lowest BCUT2D eigenvalue weighted by Gasteiger charge is -2.36. The van der Waals surface area contributed by atoms with Crippen LogP contribution in [0.4, 0.5) is 5.69 Å². The van der Waals surface area contributed by atoms with Crippen molar-refractivity contribution in [3.63, 3.8) is 0 Å². The van der Waals surface area contributed by atoms with Gasteiger partial charge in [0, 0.05) is 35.7 Å². The number of anilines is 1. The summed E-state index contributed by atoms with van der Waals surface area (Å²) in [7, 11) is 0. The molecule has 1 fully saturated rings. The quantitative estimate of drug-likeness (QED) is 0.756. The molecule has 0 spiro atoms. The van der Waals surface area contributed by atoms with Crippen LogP contribution in [0.3, 0.4) is 0 Å². The van der Waals surface area contributed by atoms with Crippen molar-refractivity contribution < 1.29 is 0 Å². The van der Waals surface area contributed by atoms with Crippen molar-refractivity contribution in [3.8, 4) is 0 Å². The Balaban J connectivity index is 1.91. The maximum atomic E-state index is 3.57. The molecule has 2 nitrogen and oxygen atoms in total. The summed E-state index contributed by atoms with van der Waals surface area (Å²) in [6.07, 6.45) is 1.31. The van der Waals surface area contributed by atoms with Crippen LogP contribution in [0.2, 0.25) is 0 Å². The van der Waals surface area contributed by atoms with Gasteiger partial charge in [0.15, 0.2) is 0 Å². The molecular weight excluding hydrogens is 228 g/mol. The Bertz CT molecular complexity index is 472. The van der Waals surface area contributed by atoms with Gasteiger partial charge in [-0.2, -0.15) is 0 Å². The van der Waals surface area contributed by atoms with Gasteiger partial charge in [-0.05, 0) is 37.1 Å². The lowest BCUT2D eigenvalue weighted by molar-refractivity contribution is 0.405. The third-order valence-corrected chi connectivity index (χ3v) is 5.38. The predicted octanol–water partition coefficient (Wildman–Crippen LogP) is 2.37. The van der Waals surface area contributed by atoms with Crippen LogP contribution in [-0.4, -0.2) is 31.4 Å². The van der Waals surface area contributed by atoms with E-state index >= 15 is 0 Å². The fraction of sp³-hybridized carbons (Fsp3) is 0.571. The minimum atomic E-state index is 0.732. The molecule has 90 valence electrons. The summed E-state index contributed by atoms with van der Waals surface area (Å²) in [5.41, 5.74) is 4.62. The molecule has 0 aromatic heterocycles. The van der Waals surface area contributed by atoms with Crippen LogP contribution in [0.25, 0.3) is 0 Å². The molecule has 1 aromatic rings. The molecule has 0 bridgehead atoms. The average molecular weight is 246 g/mol. The standard InChI is InChI=1S/C14H18N2S/c1-9-6-10-11-8-15-3-2-12(11)16-4-5-17-13(7-9)14(10)16/h6-7,11-12,15H,2-5,8H2,1H3. The Morgan fingerprint density at radius 2 is 2.35 bits per heavy atom. The van der Waals surface area contributed by atoms with Gasteiger partial charge in [0.05, 0.1) is 5.69 Å². The molecule has 4 rings (SSSR count). The van der Waals surface area contributed by atoms with Crippen LogP contribution in [0.5, 0.6) is 0 Å². The van der Waals surface area contributed by atoms with E-state index in [1.165, 1.54) is 42.3 Å². The molecule has 2 unspecified atom stereocenters. The van der Waals surface area contributed by atoms with E-state index in [4.69, 9.17) is 0 Å². The number of rotatable bonds is 0. The maximum absolute atomic E-state index is 3.57. The van der Waals surface area contributed by atoms with E-state index in [9.17, 15) is 0 Å². The number of thioether (sulfide) groups is 1. The summed E-state index contributed by atoms with van der Waals surface area (Å²) in [5.74, 6) is 1.99. The van der Waals surface area contributed by atoms with Gasteiger partial charge in [-0.25, -0.2) is 0 Å². The van der Waals surface area contributed by atoms with Gasteiger partial charge < -0.3 is 10.2 Å². The highest BCUT2D eigenvalue weighted by Crippen LogP contribution is 2.50. The Kier molecular flexibility index (Phi) is 2.21. The van der Waals surface area contributed by atoms with Gasteiger partial charge in [0.25, 0.3) is 0 Å². The molecule has 1 saturated heterocycles. The number of benzene rings is 1. The van der Waals surface area contributed by atoms with Gasteiger partial charge in [0.1, 0.15) is 0 Å². The molecule has 0 amide bonds. The Hall–Kier alpha value is -0.670. The van der Waals surface area contributed by atoms with Crippen LogP contribution in [0.15, 0.2) is 17.0 Å². The summed E-state index contributed by atoms with van der Waals surface area (Å²) in [4.78, 5) is 4.23. The Morgan fingerprint density at radius 1 is 1.41 bits per heavy atom. The smallest absolute Gasteiger partial charge is 0.0544 e. The van der Waals surface area contributed by atoms with Crippen molar-refractivity contribution in [1.82, 2.24) is 5.32 Å². The molecule has 3 aliphatic rings. The van der Waals surface area contributed by atoms with Gasteiger partial charge in [0.2, 0.25) is 0 Å². The SMILES string of the molecule is Cc1cc2c3c(c1)C1CNCCC1N3CCS2. The Morgan fingerprint density at radius 3 is 3.29 bits per heavy atom. The van der Waals surface area contributed by atoms with E-state index in [0.29, 0.717) is 0 Å². The van der Waals surface area contributed by atoms with Crippen molar-refractivity contribution in [1.29, 1.82) is 0 Å². The molecule has 3 heterocycles. The van der Waals surface area contributed by atoms with Gasteiger partial charge in [-0.3, -0.25) is 0 Å². The first kappa shape index (κ1) is 10.3. The van der Waals surface area contributed by atoms with Crippen molar-refractivity contribution in [3.05, 3.63) is 23.3 Å². The molecule has 1 N–H and O–H groups in total. The van der Waals surface area contributed by atoms with Gasteiger partial charge in [-0.15, -0.1) is 11.8 Å². The number of nitrogens with zero attached hydrogens (tertiary/aromatic N) is 1. The van der Waals surface area contributed by atoms with Crippen LogP contribution in [0.1, 0.15) is 23.5 Å². The largest absolute Gasteiger partial charge is 0.366 e. The number of hydrogen-bond acceptors (Lipinski definition) is 3. The van der Waals surface area contributed by atoms with Crippen molar-refractivity contribution >= 4 is 17.4 Å². The molecule has 0 radical (unpaired) electrons. The molecule has 1 aromatic carbocycles. The van der Waals surface area contributed by atoms with E-state index in [1.807, 2.05) is 11.8 Å². The van der Waals surface area contributed by atoms with Crippen molar-refractivity contribution in [2.45, 2.75) is 30.2 Å². The summed E-state index contributed by atoms with van der Waals surface area (Å²) < 4.78 is 0. The first-order chi connectivity index (χ1) is 8.34. The minimum absolute atomic E-state index is 0.732. The second-order valence-corrected chi connectivity index (χ2v) is 6.55. The second-order valence-electron chi connectivity index (χ2n) is 5.41.